The number of rotatable bonds is 7. The van der Waals surface area contributed by atoms with Crippen LogP contribution in [0.25, 0.3) is 6.08 Å². The van der Waals surface area contributed by atoms with Crippen molar-refractivity contribution in [2.24, 2.45) is 4.99 Å². The summed E-state index contributed by atoms with van der Waals surface area (Å²) >= 11 is 5.62. The molecule has 0 saturated carbocycles. The molecule has 0 aliphatic carbocycles. The summed E-state index contributed by atoms with van der Waals surface area (Å²) in [6.07, 6.45) is 1.80. The van der Waals surface area contributed by atoms with Crippen LogP contribution in [0.5, 0.6) is 5.75 Å². The van der Waals surface area contributed by atoms with Gasteiger partial charge in [-0.3, -0.25) is 9.69 Å². The van der Waals surface area contributed by atoms with Crippen molar-refractivity contribution in [2.45, 2.75) is 6.61 Å². The van der Waals surface area contributed by atoms with Gasteiger partial charge in [-0.15, -0.1) is 0 Å². The Morgan fingerprint density at radius 3 is 2.05 bits per heavy atom. The minimum absolute atomic E-state index is 0.167. The van der Waals surface area contributed by atoms with Crippen LogP contribution < -0.4 is 4.74 Å². The van der Waals surface area contributed by atoms with Crippen molar-refractivity contribution in [3.8, 4) is 5.75 Å². The maximum Gasteiger partial charge on any atom is 0.335 e. The van der Waals surface area contributed by atoms with Crippen LogP contribution >= 0.6 is 56.9 Å². The number of ether oxygens (including phenoxy) is 1. The number of carbonyl (C=O) groups excluding carboxylic acids is 1. The minimum Gasteiger partial charge on any atom is -0.487 e. The van der Waals surface area contributed by atoms with E-state index < -0.39 is 11.9 Å². The quantitative estimate of drug-likeness (QED) is 0.222. The molecular weight excluding hydrogens is 722 g/mol. The molecule has 0 bridgehead atoms. The van der Waals surface area contributed by atoms with E-state index >= 15 is 0 Å². The second kappa shape index (κ2) is 11.6. The van der Waals surface area contributed by atoms with Crippen molar-refractivity contribution in [3.05, 3.63) is 95.0 Å². The summed E-state index contributed by atoms with van der Waals surface area (Å²) in [5, 5.41) is 18.6. The standard InChI is InChI=1S/C26H18I2N2O6S/c1-30-23(31)21(37-26(30)29-18-8-6-17(7-9-18)25(34)35)12-15-10-19(27)22(20(28)11-15)36-13-14-2-4-16(5-3-14)24(32)33/h2-12H,13H2,1H3,(H,32,33)(H,34,35)/b21-12-,29-26?. The Labute approximate surface area is 243 Å². The lowest BCUT2D eigenvalue weighted by molar-refractivity contribution is -0.121. The van der Waals surface area contributed by atoms with Gasteiger partial charge in [0, 0.05) is 7.05 Å². The Hall–Kier alpha value is -2.91. The molecule has 0 unspecified atom stereocenters. The van der Waals surface area contributed by atoms with E-state index in [1.807, 2.05) is 12.1 Å². The summed E-state index contributed by atoms with van der Waals surface area (Å²) in [6, 6.07) is 16.5. The fraction of sp³-hybridized carbons (Fsp3) is 0.0769. The molecule has 0 aromatic heterocycles. The fourth-order valence-electron chi connectivity index (χ4n) is 3.29. The number of carboxylic acids is 2. The molecule has 3 aromatic carbocycles. The molecule has 1 amide bonds. The van der Waals surface area contributed by atoms with Crippen LogP contribution in [-0.4, -0.2) is 45.2 Å². The number of amides is 1. The van der Waals surface area contributed by atoms with Gasteiger partial charge in [-0.1, -0.05) is 12.1 Å². The molecule has 1 saturated heterocycles. The smallest absolute Gasteiger partial charge is 0.335 e. The first-order valence-electron chi connectivity index (χ1n) is 10.7. The molecule has 0 radical (unpaired) electrons. The number of thioether (sulfide) groups is 1. The van der Waals surface area contributed by atoms with Gasteiger partial charge in [0.2, 0.25) is 0 Å². The van der Waals surface area contributed by atoms with E-state index in [2.05, 4.69) is 50.2 Å². The van der Waals surface area contributed by atoms with Crippen LogP contribution in [0.4, 0.5) is 5.69 Å². The first-order valence-corrected chi connectivity index (χ1v) is 13.6. The zero-order valence-electron chi connectivity index (χ0n) is 19.1. The second-order valence-corrected chi connectivity index (χ2v) is 11.2. The summed E-state index contributed by atoms with van der Waals surface area (Å²) < 4.78 is 7.74. The zero-order valence-corrected chi connectivity index (χ0v) is 24.3. The maximum absolute atomic E-state index is 12.8. The van der Waals surface area contributed by atoms with Crippen molar-refractivity contribution >= 4 is 91.7 Å². The van der Waals surface area contributed by atoms with E-state index in [1.165, 1.54) is 28.8 Å². The molecule has 0 atom stereocenters. The van der Waals surface area contributed by atoms with E-state index in [4.69, 9.17) is 14.9 Å². The third kappa shape index (κ3) is 6.51. The molecule has 8 nitrogen and oxygen atoms in total. The Morgan fingerprint density at radius 1 is 0.973 bits per heavy atom. The highest BCUT2D eigenvalue weighted by Crippen LogP contribution is 2.35. The third-order valence-electron chi connectivity index (χ3n) is 5.25. The van der Waals surface area contributed by atoms with Gasteiger partial charge in [0.05, 0.1) is 28.9 Å². The first-order chi connectivity index (χ1) is 17.6. The SMILES string of the molecule is CN1C(=O)/C(=C/c2cc(I)c(OCc3ccc(C(=O)O)cc3)c(I)c2)SC1=Nc1ccc(C(=O)O)cc1. The molecule has 188 valence electrons. The lowest BCUT2D eigenvalue weighted by atomic mass is 10.1. The van der Waals surface area contributed by atoms with Gasteiger partial charge in [0.15, 0.2) is 5.17 Å². The number of carbonyl (C=O) groups is 3. The molecule has 1 aliphatic heterocycles. The zero-order chi connectivity index (χ0) is 26.7. The number of nitrogens with zero attached hydrogens (tertiary/aromatic N) is 2. The predicted molar refractivity (Wildman–Crippen MR) is 158 cm³/mol. The molecule has 4 rings (SSSR count). The van der Waals surface area contributed by atoms with E-state index in [0.717, 1.165) is 18.3 Å². The predicted octanol–water partition coefficient (Wildman–Crippen LogP) is 6.11. The van der Waals surface area contributed by atoms with E-state index in [-0.39, 0.29) is 17.0 Å². The third-order valence-corrected chi connectivity index (χ3v) is 7.91. The topological polar surface area (TPSA) is 117 Å². The summed E-state index contributed by atoms with van der Waals surface area (Å²) in [4.78, 5) is 41.4. The van der Waals surface area contributed by atoms with Crippen molar-refractivity contribution in [3.63, 3.8) is 0 Å². The highest BCUT2D eigenvalue weighted by atomic mass is 127. The number of aliphatic imine (C=N–C) groups is 1. The van der Waals surface area contributed by atoms with Crippen LogP contribution in [0.2, 0.25) is 0 Å². The van der Waals surface area contributed by atoms with Crippen molar-refractivity contribution in [1.29, 1.82) is 0 Å². The first kappa shape index (κ1) is 27.1. The summed E-state index contributed by atoms with van der Waals surface area (Å²) in [5.74, 6) is -1.46. The summed E-state index contributed by atoms with van der Waals surface area (Å²) in [6.45, 7) is 0.290. The summed E-state index contributed by atoms with van der Waals surface area (Å²) in [7, 11) is 1.65. The van der Waals surface area contributed by atoms with Gasteiger partial charge < -0.3 is 14.9 Å². The number of aromatic carboxylic acids is 2. The Balaban J connectivity index is 1.49. The highest BCUT2D eigenvalue weighted by molar-refractivity contribution is 14.1. The molecule has 1 heterocycles. The Kier molecular flexibility index (Phi) is 8.54. The molecule has 0 spiro atoms. The van der Waals surface area contributed by atoms with Gasteiger partial charge in [0.25, 0.3) is 5.91 Å². The van der Waals surface area contributed by atoms with Crippen LogP contribution in [0, 0.1) is 7.14 Å². The normalized spacial score (nSPS) is 15.4. The van der Waals surface area contributed by atoms with Crippen molar-refractivity contribution in [2.75, 3.05) is 7.05 Å². The van der Waals surface area contributed by atoms with E-state index in [9.17, 15) is 14.4 Å². The van der Waals surface area contributed by atoms with Crippen molar-refractivity contribution < 1.29 is 29.3 Å². The van der Waals surface area contributed by atoms with Crippen molar-refractivity contribution in [1.82, 2.24) is 4.90 Å². The molecule has 1 aliphatic rings. The van der Waals surface area contributed by atoms with Crippen LogP contribution in [0.15, 0.2) is 70.6 Å². The van der Waals surface area contributed by atoms with Crippen LogP contribution in [-0.2, 0) is 11.4 Å². The van der Waals surface area contributed by atoms with Gasteiger partial charge in [0.1, 0.15) is 12.4 Å². The Morgan fingerprint density at radius 2 is 1.51 bits per heavy atom. The number of hydrogen-bond acceptors (Lipinski definition) is 6. The average molecular weight is 740 g/mol. The van der Waals surface area contributed by atoms with Gasteiger partial charge >= 0.3 is 11.9 Å². The molecular formula is C26H18I2N2O6S. The summed E-state index contributed by atoms with van der Waals surface area (Å²) in [5.41, 5.74) is 2.63. The number of halogens is 2. The number of likely N-dealkylation sites (N-methyl/N-ethyl adjacent to an activating group) is 1. The van der Waals surface area contributed by atoms with E-state index in [1.54, 1.807) is 49.5 Å². The lowest BCUT2D eigenvalue weighted by Crippen LogP contribution is -2.23. The fourth-order valence-corrected chi connectivity index (χ4v) is 6.41. The Bertz CT molecular complexity index is 1430. The maximum atomic E-state index is 12.8. The van der Waals surface area contributed by atoms with Crippen LogP contribution in [0.3, 0.4) is 0 Å². The highest BCUT2D eigenvalue weighted by Gasteiger charge is 2.30. The molecule has 11 heteroatoms. The molecule has 1 fully saturated rings. The number of amidine groups is 1. The number of carboxylic acid groups (broad SMARTS) is 2. The molecule has 3 aromatic rings. The van der Waals surface area contributed by atoms with E-state index in [0.29, 0.717) is 28.1 Å². The second-order valence-electron chi connectivity index (χ2n) is 7.83. The monoisotopic (exact) mass is 740 g/mol. The van der Waals surface area contributed by atoms with Gasteiger partial charge in [-0.25, -0.2) is 14.6 Å². The number of benzene rings is 3. The minimum atomic E-state index is -1.01. The molecule has 2 N–H and O–H groups in total. The largest absolute Gasteiger partial charge is 0.487 e. The van der Waals surface area contributed by atoms with Gasteiger partial charge in [-0.2, -0.15) is 0 Å². The number of hydrogen-bond donors (Lipinski definition) is 2. The molecule has 37 heavy (non-hydrogen) atoms. The average Bonchev–Trinajstić information content (AvgIpc) is 3.11. The van der Waals surface area contributed by atoms with Crippen LogP contribution in [0.1, 0.15) is 31.8 Å². The lowest BCUT2D eigenvalue weighted by Gasteiger charge is -2.12. The van der Waals surface area contributed by atoms with Gasteiger partial charge in [-0.05, 0) is 123 Å².